The fourth-order valence-electron chi connectivity index (χ4n) is 3.05. The number of ether oxygens (including phenoxy) is 1. The minimum atomic E-state index is -1.38. The van der Waals surface area contributed by atoms with Crippen molar-refractivity contribution in [1.29, 1.82) is 0 Å². The molecule has 2 N–H and O–H groups in total. The molecule has 2 heterocycles. The normalized spacial score (nSPS) is 20.8. The van der Waals surface area contributed by atoms with Crippen molar-refractivity contribution < 1.29 is 23.8 Å². The van der Waals surface area contributed by atoms with Crippen LogP contribution in [0.15, 0.2) is 16.5 Å². The molecule has 3 rings (SSSR count). The molecule has 122 valence electrons. The standard InChI is InChI=1S/C17H19NO5/c1-9-4-5-10(2)13-12(9)11(3)14(23-13)15(19)18-17(16(20)21)6-7-22-8-17/h4-5H,6-8H2,1-3H3,(H,18,19)(H,20,21). The third kappa shape index (κ3) is 2.39. The number of aliphatic carboxylic acids is 1. The largest absolute Gasteiger partial charge is 0.479 e. The second-order valence-electron chi connectivity index (χ2n) is 6.10. The zero-order valence-corrected chi connectivity index (χ0v) is 13.4. The molecule has 1 aromatic heterocycles. The summed E-state index contributed by atoms with van der Waals surface area (Å²) in [5.74, 6) is -1.46. The van der Waals surface area contributed by atoms with Gasteiger partial charge in [-0.2, -0.15) is 0 Å². The molecule has 2 aromatic rings. The molecule has 0 radical (unpaired) electrons. The van der Waals surface area contributed by atoms with Crippen LogP contribution >= 0.6 is 0 Å². The van der Waals surface area contributed by atoms with Gasteiger partial charge in [0.05, 0.1) is 6.61 Å². The summed E-state index contributed by atoms with van der Waals surface area (Å²) in [7, 11) is 0. The highest BCUT2D eigenvalue weighted by molar-refractivity contribution is 6.02. The third-order valence-corrected chi connectivity index (χ3v) is 4.47. The van der Waals surface area contributed by atoms with Crippen LogP contribution in [0.25, 0.3) is 11.0 Å². The molecule has 0 aliphatic carbocycles. The lowest BCUT2D eigenvalue weighted by molar-refractivity contribution is -0.144. The van der Waals surface area contributed by atoms with Crippen LogP contribution in [0.5, 0.6) is 0 Å². The number of fused-ring (bicyclic) bond motifs is 1. The van der Waals surface area contributed by atoms with Gasteiger partial charge in [0.25, 0.3) is 5.91 Å². The van der Waals surface area contributed by atoms with Crippen LogP contribution in [0.2, 0.25) is 0 Å². The molecule has 1 atom stereocenters. The Morgan fingerprint density at radius 3 is 2.48 bits per heavy atom. The van der Waals surface area contributed by atoms with E-state index in [0.717, 1.165) is 22.1 Å². The molecule has 0 bridgehead atoms. The molecule has 1 amide bonds. The van der Waals surface area contributed by atoms with Gasteiger partial charge in [-0.3, -0.25) is 4.79 Å². The van der Waals surface area contributed by atoms with Crippen LogP contribution in [-0.4, -0.2) is 35.7 Å². The highest BCUT2D eigenvalue weighted by Crippen LogP contribution is 2.31. The Kier molecular flexibility index (Phi) is 3.64. The molecular weight excluding hydrogens is 298 g/mol. The SMILES string of the molecule is Cc1ccc(C)c2c(C)c(C(=O)NC3(C(=O)O)CCOC3)oc12. The number of carboxylic acid groups (broad SMARTS) is 1. The maximum Gasteiger partial charge on any atom is 0.331 e. The topological polar surface area (TPSA) is 88.8 Å². The Hall–Kier alpha value is -2.34. The Labute approximate surface area is 133 Å². The summed E-state index contributed by atoms with van der Waals surface area (Å²) in [6.07, 6.45) is 0.241. The Bertz CT molecular complexity index is 799. The van der Waals surface area contributed by atoms with Crippen molar-refractivity contribution in [2.24, 2.45) is 0 Å². The summed E-state index contributed by atoms with van der Waals surface area (Å²) in [6.45, 7) is 5.95. The molecule has 1 unspecified atom stereocenters. The zero-order valence-electron chi connectivity index (χ0n) is 13.4. The Balaban J connectivity index is 2.02. The van der Waals surface area contributed by atoms with E-state index in [0.29, 0.717) is 12.2 Å². The van der Waals surface area contributed by atoms with Gasteiger partial charge in [-0.15, -0.1) is 0 Å². The van der Waals surface area contributed by atoms with Crippen molar-refractivity contribution in [2.75, 3.05) is 13.2 Å². The predicted molar refractivity (Wildman–Crippen MR) is 83.7 cm³/mol. The highest BCUT2D eigenvalue weighted by Gasteiger charge is 2.44. The van der Waals surface area contributed by atoms with Gasteiger partial charge in [-0.05, 0) is 31.9 Å². The number of benzene rings is 1. The quantitative estimate of drug-likeness (QED) is 0.907. The molecular formula is C17H19NO5. The average molecular weight is 317 g/mol. The van der Waals surface area contributed by atoms with E-state index in [-0.39, 0.29) is 18.8 Å². The van der Waals surface area contributed by atoms with Crippen molar-refractivity contribution in [3.05, 3.63) is 34.6 Å². The van der Waals surface area contributed by atoms with Crippen molar-refractivity contribution >= 4 is 22.8 Å². The number of carbonyl (C=O) groups is 2. The molecule has 0 spiro atoms. The number of hydrogen-bond donors (Lipinski definition) is 2. The van der Waals surface area contributed by atoms with Gasteiger partial charge in [-0.25, -0.2) is 4.79 Å². The van der Waals surface area contributed by atoms with Crippen molar-refractivity contribution in [1.82, 2.24) is 5.32 Å². The molecule has 23 heavy (non-hydrogen) atoms. The lowest BCUT2D eigenvalue weighted by Crippen LogP contribution is -2.55. The van der Waals surface area contributed by atoms with Gasteiger partial charge in [0.2, 0.25) is 0 Å². The lowest BCUT2D eigenvalue weighted by atomic mass is 9.98. The van der Waals surface area contributed by atoms with Crippen LogP contribution in [0.1, 0.15) is 33.7 Å². The summed E-state index contributed by atoms with van der Waals surface area (Å²) in [5.41, 5.74) is 1.96. The van der Waals surface area contributed by atoms with Gasteiger partial charge >= 0.3 is 5.97 Å². The Morgan fingerprint density at radius 2 is 1.91 bits per heavy atom. The van der Waals surface area contributed by atoms with E-state index in [1.807, 2.05) is 32.9 Å². The van der Waals surface area contributed by atoms with Crippen LogP contribution in [0, 0.1) is 20.8 Å². The summed E-state index contributed by atoms with van der Waals surface area (Å²) in [5, 5.41) is 12.9. The molecule has 1 aliphatic rings. The summed E-state index contributed by atoms with van der Waals surface area (Å²) >= 11 is 0. The minimum absolute atomic E-state index is 0.0363. The van der Waals surface area contributed by atoms with Gasteiger partial charge in [0, 0.05) is 24.0 Å². The first-order chi connectivity index (χ1) is 10.9. The number of hydrogen-bond acceptors (Lipinski definition) is 4. The number of nitrogens with one attached hydrogen (secondary N) is 1. The first kappa shape index (κ1) is 15.6. The summed E-state index contributed by atoms with van der Waals surface area (Å²) < 4.78 is 10.9. The number of amides is 1. The molecule has 6 heteroatoms. The van der Waals surface area contributed by atoms with E-state index in [1.165, 1.54) is 0 Å². The van der Waals surface area contributed by atoms with Crippen LogP contribution in [0.3, 0.4) is 0 Å². The van der Waals surface area contributed by atoms with E-state index in [1.54, 1.807) is 0 Å². The smallest absolute Gasteiger partial charge is 0.331 e. The molecule has 1 saturated heterocycles. The fourth-order valence-corrected chi connectivity index (χ4v) is 3.05. The first-order valence-corrected chi connectivity index (χ1v) is 7.49. The molecule has 1 fully saturated rings. The lowest BCUT2D eigenvalue weighted by Gasteiger charge is -2.23. The van der Waals surface area contributed by atoms with E-state index in [9.17, 15) is 14.7 Å². The minimum Gasteiger partial charge on any atom is -0.479 e. The molecule has 1 aliphatic heterocycles. The number of aryl methyl sites for hydroxylation is 3. The molecule has 1 aromatic carbocycles. The first-order valence-electron chi connectivity index (χ1n) is 7.49. The van der Waals surface area contributed by atoms with E-state index >= 15 is 0 Å². The maximum atomic E-state index is 12.6. The van der Waals surface area contributed by atoms with E-state index in [2.05, 4.69) is 5.32 Å². The van der Waals surface area contributed by atoms with Gasteiger partial charge in [0.1, 0.15) is 5.58 Å². The number of carboxylic acids is 1. The second-order valence-corrected chi connectivity index (χ2v) is 6.10. The van der Waals surface area contributed by atoms with Gasteiger partial charge in [-0.1, -0.05) is 12.1 Å². The van der Waals surface area contributed by atoms with Gasteiger partial charge in [0.15, 0.2) is 11.3 Å². The Morgan fingerprint density at radius 1 is 1.22 bits per heavy atom. The number of furan rings is 1. The summed E-state index contributed by atoms with van der Waals surface area (Å²) in [6, 6.07) is 3.91. The second kappa shape index (κ2) is 5.38. The van der Waals surface area contributed by atoms with Crippen LogP contribution in [0.4, 0.5) is 0 Å². The predicted octanol–water partition coefficient (Wildman–Crippen LogP) is 2.33. The number of carbonyl (C=O) groups excluding carboxylic acids is 1. The van der Waals surface area contributed by atoms with Crippen LogP contribution in [-0.2, 0) is 9.53 Å². The van der Waals surface area contributed by atoms with Gasteiger partial charge < -0.3 is 19.6 Å². The average Bonchev–Trinajstić information content (AvgIpc) is 3.09. The van der Waals surface area contributed by atoms with Crippen molar-refractivity contribution in [3.63, 3.8) is 0 Å². The van der Waals surface area contributed by atoms with E-state index in [4.69, 9.17) is 9.15 Å². The molecule has 6 nitrogen and oxygen atoms in total. The number of rotatable bonds is 3. The van der Waals surface area contributed by atoms with Crippen molar-refractivity contribution in [3.8, 4) is 0 Å². The highest BCUT2D eigenvalue weighted by atomic mass is 16.5. The fraction of sp³-hybridized carbons (Fsp3) is 0.412. The van der Waals surface area contributed by atoms with Crippen molar-refractivity contribution in [2.45, 2.75) is 32.7 Å². The summed E-state index contributed by atoms with van der Waals surface area (Å²) in [4.78, 5) is 24.1. The third-order valence-electron chi connectivity index (χ3n) is 4.47. The monoisotopic (exact) mass is 317 g/mol. The maximum absolute atomic E-state index is 12.6. The molecule has 0 saturated carbocycles. The van der Waals surface area contributed by atoms with E-state index < -0.39 is 17.4 Å². The van der Waals surface area contributed by atoms with Crippen LogP contribution < -0.4 is 5.32 Å². The zero-order chi connectivity index (χ0) is 16.8.